The summed E-state index contributed by atoms with van der Waals surface area (Å²) in [5, 5.41) is 3.51. The number of hydrogen-bond acceptors (Lipinski definition) is 2. The highest BCUT2D eigenvalue weighted by atomic mass is 15.0. The maximum atomic E-state index is 5.25. The molecule has 0 aliphatic heterocycles. The van der Waals surface area contributed by atoms with Gasteiger partial charge in [0.25, 0.3) is 0 Å². The van der Waals surface area contributed by atoms with Gasteiger partial charge in [-0.2, -0.15) is 0 Å². The van der Waals surface area contributed by atoms with Crippen LogP contribution in [-0.4, -0.2) is 14.5 Å². The van der Waals surface area contributed by atoms with Crippen LogP contribution in [-0.2, 0) is 0 Å². The van der Waals surface area contributed by atoms with Crippen molar-refractivity contribution in [1.29, 1.82) is 0 Å². The molecule has 0 saturated heterocycles. The predicted molar refractivity (Wildman–Crippen MR) is 221 cm³/mol. The van der Waals surface area contributed by atoms with Crippen molar-refractivity contribution in [2.75, 3.05) is 0 Å². The second-order valence-electron chi connectivity index (χ2n) is 13.4. The molecular weight excluding hydrogens is 643 g/mol. The molecule has 0 radical (unpaired) electrons. The first-order valence-corrected chi connectivity index (χ1v) is 18.0. The summed E-state index contributed by atoms with van der Waals surface area (Å²) in [6.07, 6.45) is 0. The fraction of sp³-hybridized carbons (Fsp3) is 0. The van der Waals surface area contributed by atoms with Crippen molar-refractivity contribution < 1.29 is 0 Å². The smallest absolute Gasteiger partial charge is 0.160 e. The number of aromatic nitrogens is 3. The minimum Gasteiger partial charge on any atom is -0.309 e. The van der Waals surface area contributed by atoms with Gasteiger partial charge < -0.3 is 4.57 Å². The topological polar surface area (TPSA) is 30.7 Å². The number of fused-ring (bicyclic) bond motifs is 4. The van der Waals surface area contributed by atoms with Gasteiger partial charge in [-0.15, -0.1) is 0 Å². The molecule has 0 spiro atoms. The van der Waals surface area contributed by atoms with Gasteiger partial charge in [0, 0.05) is 33.0 Å². The average molecular weight is 676 g/mol. The second kappa shape index (κ2) is 12.9. The third-order valence-corrected chi connectivity index (χ3v) is 10.2. The zero-order chi connectivity index (χ0) is 35.1. The lowest BCUT2D eigenvalue weighted by Gasteiger charge is -2.12. The quantitative estimate of drug-likeness (QED) is 0.176. The SMILES string of the molecule is c1ccc(-c2cccc(-c3ccc(-c4nc(-c5ccccc5)c5cc(-c6ccc7c8ccccc8n(-c8ccccc8)c7c6)ccc5n4)cc3)c2)cc1. The van der Waals surface area contributed by atoms with Gasteiger partial charge in [0.2, 0.25) is 0 Å². The molecule has 0 saturated carbocycles. The summed E-state index contributed by atoms with van der Waals surface area (Å²) < 4.78 is 2.37. The molecule has 10 aromatic rings. The summed E-state index contributed by atoms with van der Waals surface area (Å²) in [5.74, 6) is 0.711. The fourth-order valence-electron chi connectivity index (χ4n) is 7.58. The van der Waals surface area contributed by atoms with Gasteiger partial charge in [0.15, 0.2) is 5.82 Å². The van der Waals surface area contributed by atoms with Crippen LogP contribution in [0.4, 0.5) is 0 Å². The van der Waals surface area contributed by atoms with E-state index in [9.17, 15) is 0 Å². The first-order chi connectivity index (χ1) is 26.3. The molecule has 0 fully saturated rings. The van der Waals surface area contributed by atoms with E-state index in [0.29, 0.717) is 5.82 Å². The highest BCUT2D eigenvalue weighted by molar-refractivity contribution is 6.10. The number of benzene rings is 8. The molecule has 2 heterocycles. The van der Waals surface area contributed by atoms with Crippen LogP contribution >= 0.6 is 0 Å². The average Bonchev–Trinajstić information content (AvgIpc) is 3.58. The van der Waals surface area contributed by atoms with E-state index in [-0.39, 0.29) is 0 Å². The van der Waals surface area contributed by atoms with Crippen molar-refractivity contribution >= 4 is 32.7 Å². The van der Waals surface area contributed by atoms with Crippen molar-refractivity contribution in [3.63, 3.8) is 0 Å². The molecular formula is C50H33N3. The molecule has 0 N–H and O–H groups in total. The fourth-order valence-corrected chi connectivity index (χ4v) is 7.58. The minimum absolute atomic E-state index is 0.711. The van der Waals surface area contributed by atoms with E-state index in [0.717, 1.165) is 50.1 Å². The molecule has 2 aromatic heterocycles. The van der Waals surface area contributed by atoms with Crippen LogP contribution in [0, 0.1) is 0 Å². The molecule has 0 bridgehead atoms. The lowest BCUT2D eigenvalue weighted by molar-refractivity contribution is 1.18. The molecule has 0 aliphatic rings. The molecule has 53 heavy (non-hydrogen) atoms. The van der Waals surface area contributed by atoms with E-state index in [4.69, 9.17) is 9.97 Å². The highest BCUT2D eigenvalue weighted by Crippen LogP contribution is 2.37. The summed E-state index contributed by atoms with van der Waals surface area (Å²) in [6, 6.07) is 70.9. The Hall–Kier alpha value is -7.10. The van der Waals surface area contributed by atoms with Crippen molar-refractivity contribution in [1.82, 2.24) is 14.5 Å². The molecule has 248 valence electrons. The Morgan fingerprint density at radius 3 is 1.58 bits per heavy atom. The van der Waals surface area contributed by atoms with Crippen LogP contribution in [0.25, 0.3) is 94.4 Å². The largest absolute Gasteiger partial charge is 0.309 e. The predicted octanol–water partition coefficient (Wildman–Crippen LogP) is 13.1. The maximum Gasteiger partial charge on any atom is 0.160 e. The Labute approximate surface area is 308 Å². The Morgan fingerprint density at radius 1 is 0.302 bits per heavy atom. The van der Waals surface area contributed by atoms with Crippen LogP contribution in [0.1, 0.15) is 0 Å². The molecule has 0 aliphatic carbocycles. The zero-order valence-corrected chi connectivity index (χ0v) is 28.9. The van der Waals surface area contributed by atoms with E-state index in [2.05, 4.69) is 199 Å². The minimum atomic E-state index is 0.711. The molecule has 10 rings (SSSR count). The molecule has 0 amide bonds. The number of hydrogen-bond donors (Lipinski definition) is 0. The number of rotatable bonds is 6. The molecule has 3 heteroatoms. The maximum absolute atomic E-state index is 5.25. The van der Waals surface area contributed by atoms with Gasteiger partial charge in [-0.1, -0.05) is 158 Å². The standard InChI is InChI=1S/C50H33N3/c1-4-13-34(14-5-1)38-17-12-18-39(31-38)35-23-25-37(26-24-35)50-51-46-30-28-40(32-45(46)49(52-50)36-15-6-2-7-16-36)41-27-29-44-43-21-10-11-22-47(43)53(48(44)33-41)42-19-8-3-9-20-42/h1-33H. The Morgan fingerprint density at radius 2 is 0.830 bits per heavy atom. The Bertz CT molecular complexity index is 2910. The van der Waals surface area contributed by atoms with E-state index in [1.54, 1.807) is 0 Å². The van der Waals surface area contributed by atoms with Crippen LogP contribution in [0.2, 0.25) is 0 Å². The monoisotopic (exact) mass is 675 g/mol. The first-order valence-electron chi connectivity index (χ1n) is 18.0. The third-order valence-electron chi connectivity index (χ3n) is 10.2. The van der Waals surface area contributed by atoms with Gasteiger partial charge >= 0.3 is 0 Å². The Balaban J connectivity index is 1.07. The first kappa shape index (κ1) is 30.7. The highest BCUT2D eigenvalue weighted by Gasteiger charge is 2.16. The second-order valence-corrected chi connectivity index (χ2v) is 13.4. The van der Waals surface area contributed by atoms with E-state index in [1.807, 2.05) is 6.07 Å². The van der Waals surface area contributed by atoms with E-state index in [1.165, 1.54) is 38.5 Å². The lowest BCUT2D eigenvalue weighted by atomic mass is 9.98. The summed E-state index contributed by atoms with van der Waals surface area (Å²) >= 11 is 0. The van der Waals surface area contributed by atoms with Crippen molar-refractivity contribution in [3.05, 3.63) is 200 Å². The normalized spacial score (nSPS) is 11.4. The van der Waals surface area contributed by atoms with Crippen molar-refractivity contribution in [3.8, 4) is 61.7 Å². The third kappa shape index (κ3) is 5.56. The van der Waals surface area contributed by atoms with Crippen molar-refractivity contribution in [2.45, 2.75) is 0 Å². The summed E-state index contributed by atoms with van der Waals surface area (Å²) in [6.45, 7) is 0. The van der Waals surface area contributed by atoms with Crippen LogP contribution in [0.15, 0.2) is 200 Å². The van der Waals surface area contributed by atoms with Gasteiger partial charge in [-0.05, 0) is 75.8 Å². The van der Waals surface area contributed by atoms with E-state index < -0.39 is 0 Å². The lowest BCUT2D eigenvalue weighted by Crippen LogP contribution is -1.96. The van der Waals surface area contributed by atoms with Crippen LogP contribution in [0.3, 0.4) is 0 Å². The van der Waals surface area contributed by atoms with Gasteiger partial charge in [0.05, 0.1) is 22.2 Å². The number of nitrogens with zero attached hydrogens (tertiary/aromatic N) is 3. The summed E-state index contributed by atoms with van der Waals surface area (Å²) in [7, 11) is 0. The van der Waals surface area contributed by atoms with Crippen LogP contribution < -0.4 is 0 Å². The van der Waals surface area contributed by atoms with Gasteiger partial charge in [-0.25, -0.2) is 9.97 Å². The molecule has 3 nitrogen and oxygen atoms in total. The van der Waals surface area contributed by atoms with E-state index >= 15 is 0 Å². The van der Waals surface area contributed by atoms with Gasteiger partial charge in [-0.3, -0.25) is 0 Å². The van der Waals surface area contributed by atoms with Crippen LogP contribution in [0.5, 0.6) is 0 Å². The van der Waals surface area contributed by atoms with Crippen molar-refractivity contribution in [2.24, 2.45) is 0 Å². The van der Waals surface area contributed by atoms with Gasteiger partial charge in [0.1, 0.15) is 0 Å². The molecule has 0 atom stereocenters. The molecule has 0 unspecified atom stereocenters. The summed E-state index contributed by atoms with van der Waals surface area (Å²) in [5.41, 5.74) is 14.4. The number of para-hydroxylation sites is 2. The summed E-state index contributed by atoms with van der Waals surface area (Å²) in [4.78, 5) is 10.4. The molecule has 8 aromatic carbocycles. The zero-order valence-electron chi connectivity index (χ0n) is 28.9. The Kier molecular flexibility index (Phi) is 7.47.